The van der Waals surface area contributed by atoms with E-state index < -0.39 is 10.0 Å². The summed E-state index contributed by atoms with van der Waals surface area (Å²) in [6.07, 6.45) is 0. The normalized spacial score (nSPS) is 26.8. The fourth-order valence-electron chi connectivity index (χ4n) is 1.17. The second kappa shape index (κ2) is 4.21. The monoisotopic (exact) mass is 304 g/mol. The summed E-state index contributed by atoms with van der Waals surface area (Å²) in [6, 6.07) is 0. The highest BCUT2D eigenvalue weighted by atomic mass is 127. The molecular weight excluding hydrogens is 291 g/mol. The average Bonchev–Trinajstić information content (AvgIpc) is 2.12. The summed E-state index contributed by atoms with van der Waals surface area (Å²) in [5, 5.41) is 0. The van der Waals surface area contributed by atoms with Gasteiger partial charge in [-0.2, -0.15) is 0 Å². The van der Waals surface area contributed by atoms with E-state index in [0.29, 0.717) is 19.6 Å². The Balaban J connectivity index is 2.74. The molecule has 0 aromatic carbocycles. The molecule has 0 N–H and O–H groups in total. The second-order valence-electron chi connectivity index (χ2n) is 2.72. The molecular formula is C6H13IN2O2S. The number of nitrogens with zero attached hydrogens (tertiary/aromatic N) is 2. The maximum atomic E-state index is 11.5. The van der Waals surface area contributed by atoms with Crippen LogP contribution in [-0.4, -0.2) is 47.8 Å². The first-order chi connectivity index (χ1) is 5.56. The Morgan fingerprint density at radius 3 is 2.58 bits per heavy atom. The minimum Gasteiger partial charge on any atom is -0.245 e. The first kappa shape index (κ1) is 10.7. The highest BCUT2D eigenvalue weighted by Gasteiger charge is 2.24. The van der Waals surface area contributed by atoms with Crippen molar-refractivity contribution < 1.29 is 8.42 Å². The van der Waals surface area contributed by atoms with Crippen molar-refractivity contribution in [2.75, 3.05) is 31.9 Å². The fraction of sp³-hybridized carbons (Fsp3) is 1.00. The zero-order valence-corrected chi connectivity index (χ0v) is 10.0. The van der Waals surface area contributed by atoms with E-state index in [-0.39, 0.29) is 5.75 Å². The standard InChI is InChI=1S/C6H13IN2O2S/c1-2-9-4-3-8(7)5-6-12(9,10)11/h2-6H2,1H3. The maximum absolute atomic E-state index is 11.5. The molecule has 1 fully saturated rings. The van der Waals surface area contributed by atoms with Gasteiger partial charge in [-0.3, -0.25) is 0 Å². The van der Waals surface area contributed by atoms with Crippen molar-refractivity contribution in [2.24, 2.45) is 0 Å². The van der Waals surface area contributed by atoms with Gasteiger partial charge in [-0.15, -0.1) is 0 Å². The van der Waals surface area contributed by atoms with Gasteiger partial charge in [-0.25, -0.2) is 15.8 Å². The third-order valence-electron chi connectivity index (χ3n) is 1.93. The van der Waals surface area contributed by atoms with Crippen LogP contribution in [0.15, 0.2) is 0 Å². The summed E-state index contributed by atoms with van der Waals surface area (Å²) >= 11 is 2.17. The zero-order chi connectivity index (χ0) is 9.19. The Morgan fingerprint density at radius 1 is 1.33 bits per heavy atom. The van der Waals surface area contributed by atoms with Crippen LogP contribution in [0.3, 0.4) is 0 Å². The number of hydrogen-bond acceptors (Lipinski definition) is 3. The summed E-state index contributed by atoms with van der Waals surface area (Å²) in [5.41, 5.74) is 0. The number of halogens is 1. The lowest BCUT2D eigenvalue weighted by atomic mass is 10.6. The minimum atomic E-state index is -2.96. The maximum Gasteiger partial charge on any atom is 0.215 e. The van der Waals surface area contributed by atoms with Crippen molar-refractivity contribution in [3.05, 3.63) is 0 Å². The molecule has 4 nitrogen and oxygen atoms in total. The Kier molecular flexibility index (Phi) is 3.74. The second-order valence-corrected chi connectivity index (χ2v) is 6.17. The third kappa shape index (κ3) is 2.54. The summed E-state index contributed by atoms with van der Waals surface area (Å²) < 4.78 is 26.5. The van der Waals surface area contributed by atoms with E-state index in [0.717, 1.165) is 6.54 Å². The molecule has 1 aliphatic heterocycles. The van der Waals surface area contributed by atoms with Crippen LogP contribution in [0.5, 0.6) is 0 Å². The van der Waals surface area contributed by atoms with Crippen LogP contribution >= 0.6 is 22.9 Å². The van der Waals surface area contributed by atoms with Gasteiger partial charge in [0.15, 0.2) is 0 Å². The van der Waals surface area contributed by atoms with Crippen LogP contribution < -0.4 is 0 Å². The minimum absolute atomic E-state index is 0.254. The van der Waals surface area contributed by atoms with Crippen LogP contribution in [0.1, 0.15) is 6.92 Å². The fourth-order valence-corrected chi connectivity index (χ4v) is 3.42. The van der Waals surface area contributed by atoms with E-state index >= 15 is 0 Å². The van der Waals surface area contributed by atoms with Crippen molar-refractivity contribution in [3.8, 4) is 0 Å². The van der Waals surface area contributed by atoms with Gasteiger partial charge in [0, 0.05) is 49.0 Å². The largest absolute Gasteiger partial charge is 0.245 e. The molecule has 1 heterocycles. The molecule has 1 rings (SSSR count). The van der Waals surface area contributed by atoms with Gasteiger partial charge in [0.2, 0.25) is 10.0 Å². The first-order valence-electron chi connectivity index (χ1n) is 3.95. The SMILES string of the molecule is CCN1CCN(I)CCS1(=O)=O. The van der Waals surface area contributed by atoms with Crippen molar-refractivity contribution in [2.45, 2.75) is 6.92 Å². The van der Waals surface area contributed by atoms with E-state index in [2.05, 4.69) is 22.9 Å². The Hall–Kier alpha value is 0.600. The molecule has 0 atom stereocenters. The Labute approximate surface area is 87.5 Å². The summed E-state index contributed by atoms with van der Waals surface area (Å²) in [4.78, 5) is 0. The molecule has 0 amide bonds. The van der Waals surface area contributed by atoms with Crippen molar-refractivity contribution >= 4 is 32.9 Å². The average molecular weight is 304 g/mol. The van der Waals surface area contributed by atoms with Crippen LogP contribution in [0.2, 0.25) is 0 Å². The lowest BCUT2D eigenvalue weighted by molar-refractivity contribution is 0.416. The topological polar surface area (TPSA) is 40.6 Å². The molecule has 0 radical (unpaired) electrons. The van der Waals surface area contributed by atoms with Gasteiger partial charge < -0.3 is 0 Å². The molecule has 0 aromatic rings. The zero-order valence-electron chi connectivity index (χ0n) is 7.03. The molecule has 0 unspecified atom stereocenters. The highest BCUT2D eigenvalue weighted by Crippen LogP contribution is 2.10. The molecule has 0 spiro atoms. The van der Waals surface area contributed by atoms with E-state index in [1.165, 1.54) is 0 Å². The van der Waals surface area contributed by atoms with Gasteiger partial charge in [-0.1, -0.05) is 6.92 Å². The van der Waals surface area contributed by atoms with Gasteiger partial charge >= 0.3 is 0 Å². The van der Waals surface area contributed by atoms with E-state index in [1.807, 2.05) is 10.0 Å². The Morgan fingerprint density at radius 2 is 2.00 bits per heavy atom. The number of hydrogen-bond donors (Lipinski definition) is 0. The molecule has 72 valence electrons. The molecule has 0 saturated carbocycles. The van der Waals surface area contributed by atoms with Gasteiger partial charge in [0.1, 0.15) is 0 Å². The summed E-state index contributed by atoms with van der Waals surface area (Å²) in [5.74, 6) is 0.254. The van der Waals surface area contributed by atoms with Gasteiger partial charge in [0.25, 0.3) is 0 Å². The lowest BCUT2D eigenvalue weighted by Crippen LogP contribution is -2.33. The predicted molar refractivity (Wildman–Crippen MR) is 56.6 cm³/mol. The quantitative estimate of drug-likeness (QED) is 0.517. The number of sulfonamides is 1. The molecule has 1 saturated heterocycles. The van der Waals surface area contributed by atoms with Crippen molar-refractivity contribution in [1.29, 1.82) is 0 Å². The smallest absolute Gasteiger partial charge is 0.215 e. The van der Waals surface area contributed by atoms with E-state index in [1.54, 1.807) is 4.31 Å². The number of likely N-dealkylation sites (N-methyl/N-ethyl adjacent to an activating group) is 1. The van der Waals surface area contributed by atoms with Crippen LogP contribution in [0.25, 0.3) is 0 Å². The first-order valence-corrected chi connectivity index (χ1v) is 6.52. The summed E-state index contributed by atoms with van der Waals surface area (Å²) in [6.45, 7) is 4.56. The van der Waals surface area contributed by atoms with Crippen molar-refractivity contribution in [1.82, 2.24) is 7.42 Å². The molecule has 1 aliphatic rings. The van der Waals surface area contributed by atoms with E-state index in [4.69, 9.17) is 0 Å². The lowest BCUT2D eigenvalue weighted by Gasteiger charge is -2.16. The Bertz CT molecular complexity index is 242. The van der Waals surface area contributed by atoms with Gasteiger partial charge in [-0.05, 0) is 0 Å². The van der Waals surface area contributed by atoms with Gasteiger partial charge in [0.05, 0.1) is 5.75 Å². The molecule has 12 heavy (non-hydrogen) atoms. The van der Waals surface area contributed by atoms with Crippen molar-refractivity contribution in [3.63, 3.8) is 0 Å². The van der Waals surface area contributed by atoms with Crippen LogP contribution in [0.4, 0.5) is 0 Å². The van der Waals surface area contributed by atoms with E-state index in [9.17, 15) is 8.42 Å². The predicted octanol–water partition coefficient (Wildman–Crippen LogP) is 0.304. The third-order valence-corrected chi connectivity index (χ3v) is 4.82. The highest BCUT2D eigenvalue weighted by molar-refractivity contribution is 14.1. The molecule has 0 bridgehead atoms. The molecule has 6 heteroatoms. The summed E-state index contributed by atoms with van der Waals surface area (Å²) in [7, 11) is -2.96. The number of rotatable bonds is 1. The van der Waals surface area contributed by atoms with Crippen LogP contribution in [0, 0.1) is 0 Å². The molecule has 0 aromatic heterocycles. The van der Waals surface area contributed by atoms with Crippen LogP contribution in [-0.2, 0) is 10.0 Å². The molecule has 0 aliphatic carbocycles.